The van der Waals surface area contributed by atoms with E-state index in [1.807, 2.05) is 24.3 Å². The molecule has 0 aliphatic carbocycles. The number of aromatic nitrogens is 1. The van der Waals surface area contributed by atoms with Crippen LogP contribution in [0.3, 0.4) is 0 Å². The van der Waals surface area contributed by atoms with Crippen LogP contribution >= 0.6 is 0 Å². The highest BCUT2D eigenvalue weighted by Crippen LogP contribution is 2.16. The number of pyridine rings is 1. The first-order valence-corrected chi connectivity index (χ1v) is 5.88. The maximum absolute atomic E-state index is 8.04. The van der Waals surface area contributed by atoms with E-state index >= 15 is 0 Å². The van der Waals surface area contributed by atoms with Gasteiger partial charge in [0.2, 0.25) is 0 Å². The molecule has 2 N–H and O–H groups in total. The fraction of sp³-hybridized carbons (Fsp3) is 0.231. The maximum atomic E-state index is 8.04. The summed E-state index contributed by atoms with van der Waals surface area (Å²) in [5, 5.41) is 16.0. The van der Waals surface area contributed by atoms with Crippen LogP contribution < -0.4 is 5.49 Å². The van der Waals surface area contributed by atoms with Gasteiger partial charge in [-0.25, -0.2) is 0 Å². The van der Waals surface area contributed by atoms with Gasteiger partial charge in [0.05, 0.1) is 11.7 Å². The first-order chi connectivity index (χ1) is 9.21. The molecule has 0 aliphatic heterocycles. The largest absolute Gasteiger partial charge is 0.399 e. The minimum Gasteiger partial charge on any atom is -0.399 e. The van der Waals surface area contributed by atoms with Gasteiger partial charge in [-0.2, -0.15) is 10.2 Å². The lowest BCUT2D eigenvalue weighted by Crippen LogP contribution is -2.20. The highest BCUT2D eigenvalue weighted by Gasteiger charge is 2.06. The van der Waals surface area contributed by atoms with Crippen molar-refractivity contribution >= 4 is 17.1 Å². The molecule has 0 radical (unpaired) electrons. The maximum Gasteiger partial charge on any atom is 0.157 e. The summed E-state index contributed by atoms with van der Waals surface area (Å²) in [5.41, 5.74) is 9.80. The topological polar surface area (TPSA) is 86.6 Å². The van der Waals surface area contributed by atoms with Crippen LogP contribution in [0.5, 0.6) is 0 Å². The summed E-state index contributed by atoms with van der Waals surface area (Å²) in [6, 6.07) is 7.76. The zero-order chi connectivity index (χ0) is 13.8. The number of rotatable bonds is 4. The summed E-state index contributed by atoms with van der Waals surface area (Å²) in [5.74, 6) is 0. The van der Waals surface area contributed by atoms with Gasteiger partial charge in [-0.3, -0.25) is 5.41 Å². The third-order valence-electron chi connectivity index (χ3n) is 2.92. The van der Waals surface area contributed by atoms with Gasteiger partial charge < -0.3 is 4.84 Å². The molecule has 0 aliphatic rings. The Hall–Kier alpha value is -2.50. The van der Waals surface area contributed by atoms with Crippen LogP contribution in [0.15, 0.2) is 34.6 Å². The van der Waals surface area contributed by atoms with Gasteiger partial charge in [-0.1, -0.05) is 29.4 Å². The number of aryl methyl sites for hydroxylation is 1. The van der Waals surface area contributed by atoms with E-state index in [4.69, 9.17) is 10.9 Å². The molecule has 1 aromatic heterocycles. The second-order valence-corrected chi connectivity index (χ2v) is 4.02. The molecule has 6 nitrogen and oxygen atoms in total. The van der Waals surface area contributed by atoms with Crippen molar-refractivity contribution in [3.05, 3.63) is 40.9 Å². The number of benzene rings is 1. The molecule has 0 fully saturated rings. The molecule has 6 heteroatoms. The van der Waals surface area contributed by atoms with Crippen molar-refractivity contribution in [2.24, 2.45) is 10.4 Å². The van der Waals surface area contributed by atoms with Gasteiger partial charge in [0.1, 0.15) is 7.11 Å². The Kier molecular flexibility index (Phi) is 3.70. The molecule has 0 saturated carbocycles. The smallest absolute Gasteiger partial charge is 0.157 e. The normalized spacial score (nSPS) is 11.1. The van der Waals surface area contributed by atoms with Crippen LogP contribution in [-0.2, 0) is 11.3 Å². The van der Waals surface area contributed by atoms with Crippen LogP contribution in [0.25, 0.3) is 10.9 Å². The van der Waals surface area contributed by atoms with Gasteiger partial charge in [0.15, 0.2) is 5.49 Å². The monoisotopic (exact) mass is 257 g/mol. The van der Waals surface area contributed by atoms with Crippen LogP contribution in [0.4, 0.5) is 0 Å². The van der Waals surface area contributed by atoms with E-state index in [2.05, 4.69) is 22.1 Å². The van der Waals surface area contributed by atoms with E-state index in [1.54, 1.807) is 0 Å². The van der Waals surface area contributed by atoms with Crippen LogP contribution in [-0.4, -0.2) is 18.0 Å². The Morgan fingerprint density at radius 3 is 2.79 bits per heavy atom. The number of hydrogen-bond acceptors (Lipinski definition) is 5. The van der Waals surface area contributed by atoms with E-state index < -0.39 is 0 Å². The zero-order valence-corrected chi connectivity index (χ0v) is 10.8. The average Bonchev–Trinajstić information content (AvgIpc) is 2.44. The van der Waals surface area contributed by atoms with Crippen molar-refractivity contribution in [2.45, 2.75) is 13.3 Å². The molecule has 19 heavy (non-hydrogen) atoms. The highest BCUT2D eigenvalue weighted by molar-refractivity contribution is 5.88. The van der Waals surface area contributed by atoms with Crippen LogP contribution in [0, 0.1) is 10.9 Å². The summed E-state index contributed by atoms with van der Waals surface area (Å²) >= 11 is 0. The van der Waals surface area contributed by atoms with E-state index in [-0.39, 0.29) is 5.49 Å². The van der Waals surface area contributed by atoms with Crippen molar-refractivity contribution in [3.63, 3.8) is 0 Å². The fourth-order valence-electron chi connectivity index (χ4n) is 1.91. The predicted molar refractivity (Wildman–Crippen MR) is 72.3 cm³/mol. The zero-order valence-electron chi connectivity index (χ0n) is 10.8. The molecule has 0 amide bonds. The summed E-state index contributed by atoms with van der Waals surface area (Å²) in [6.07, 6.45) is 2.34. The second-order valence-electron chi connectivity index (χ2n) is 4.02. The van der Waals surface area contributed by atoms with Gasteiger partial charge in [-0.15, -0.1) is 0 Å². The first kappa shape index (κ1) is 12.9. The summed E-state index contributed by atoms with van der Waals surface area (Å²) < 4.78 is 1.28. The quantitative estimate of drug-likeness (QED) is 0.492. The second kappa shape index (κ2) is 5.43. The number of nitrogens with zero attached hydrogens (tertiary/aromatic N) is 3. The van der Waals surface area contributed by atoms with Gasteiger partial charge in [-0.05, 0) is 24.1 Å². The van der Waals surface area contributed by atoms with Crippen molar-refractivity contribution < 1.29 is 4.84 Å². The minimum atomic E-state index is 0.108. The predicted octanol–water partition coefficient (Wildman–Crippen LogP) is 2.46. The van der Waals surface area contributed by atoms with Gasteiger partial charge in [0, 0.05) is 10.9 Å². The Labute approximate surface area is 110 Å². The highest BCUT2D eigenvalue weighted by atomic mass is 16.6. The minimum absolute atomic E-state index is 0.108. The molecule has 1 aromatic carbocycles. The van der Waals surface area contributed by atoms with Crippen LogP contribution in [0.2, 0.25) is 0 Å². The summed E-state index contributed by atoms with van der Waals surface area (Å²) in [6.45, 7) is 2.06. The number of oxime groups is 1. The Bertz CT molecular complexity index is 702. The molecule has 0 bridgehead atoms. The van der Waals surface area contributed by atoms with E-state index in [0.717, 1.165) is 22.9 Å². The average molecular weight is 257 g/mol. The van der Waals surface area contributed by atoms with Crippen molar-refractivity contribution in [1.82, 2.24) is 4.68 Å². The summed E-state index contributed by atoms with van der Waals surface area (Å²) in [4.78, 5) is 4.62. The fourth-order valence-corrected chi connectivity index (χ4v) is 1.91. The standard InChI is InChI=1S/C13H15N5O/c1-3-9-4-5-10-7-11(8-16-19-2)13(14)18(17-15)12(10)6-9/h4-8,14-15H,3H2,1-2H3/b14-13?,16-8+,17-15?. The molecule has 0 saturated heterocycles. The molecule has 2 aromatic rings. The lowest BCUT2D eigenvalue weighted by atomic mass is 10.1. The molecular weight excluding hydrogens is 242 g/mol. The van der Waals surface area contributed by atoms with Crippen LogP contribution in [0.1, 0.15) is 18.1 Å². The lowest BCUT2D eigenvalue weighted by Gasteiger charge is -2.08. The third-order valence-corrected chi connectivity index (χ3v) is 2.92. The number of hydrogen-bond donors (Lipinski definition) is 2. The lowest BCUT2D eigenvalue weighted by molar-refractivity contribution is 0.215. The van der Waals surface area contributed by atoms with Crippen molar-refractivity contribution in [2.75, 3.05) is 7.11 Å². The van der Waals surface area contributed by atoms with E-state index in [0.29, 0.717) is 5.56 Å². The molecule has 98 valence electrons. The molecule has 1 heterocycles. The molecule has 0 unspecified atom stereocenters. The molecule has 0 atom stereocenters. The number of fused-ring (bicyclic) bond motifs is 1. The molecule has 0 spiro atoms. The van der Waals surface area contributed by atoms with E-state index in [9.17, 15) is 0 Å². The number of nitrogens with one attached hydrogen (secondary N) is 2. The third kappa shape index (κ3) is 2.37. The molecule has 2 rings (SSSR count). The summed E-state index contributed by atoms with van der Waals surface area (Å²) in [7, 11) is 1.44. The van der Waals surface area contributed by atoms with E-state index in [1.165, 1.54) is 18.0 Å². The van der Waals surface area contributed by atoms with Crippen molar-refractivity contribution in [1.29, 1.82) is 10.9 Å². The Balaban J connectivity index is 2.78. The SMILES string of the molecule is CCc1ccc2cc(/C=N/OC)c(=N)n(N=N)c2c1. The Morgan fingerprint density at radius 2 is 2.16 bits per heavy atom. The van der Waals surface area contributed by atoms with Gasteiger partial charge in [0.25, 0.3) is 0 Å². The molecular formula is C13H15N5O. The first-order valence-electron chi connectivity index (χ1n) is 5.88. The Morgan fingerprint density at radius 1 is 1.37 bits per heavy atom. The van der Waals surface area contributed by atoms with Crippen molar-refractivity contribution in [3.8, 4) is 0 Å². The van der Waals surface area contributed by atoms with Gasteiger partial charge >= 0.3 is 0 Å².